The van der Waals surface area contributed by atoms with Crippen molar-refractivity contribution in [3.63, 3.8) is 0 Å². The van der Waals surface area contributed by atoms with Crippen LogP contribution < -0.4 is 10.6 Å². The average molecular weight is 435 g/mol. The topological polar surface area (TPSA) is 97.6 Å². The van der Waals surface area contributed by atoms with Gasteiger partial charge in [0.15, 0.2) is 5.76 Å². The molecule has 2 amide bonds. The van der Waals surface area contributed by atoms with E-state index in [-0.39, 0.29) is 24.0 Å². The third-order valence-electron chi connectivity index (χ3n) is 3.31. The van der Waals surface area contributed by atoms with Gasteiger partial charge in [-0.05, 0) is 42.3 Å². The third kappa shape index (κ3) is 7.10. The average Bonchev–Trinajstić information content (AvgIpc) is 3.15. The van der Waals surface area contributed by atoms with Gasteiger partial charge in [-0.3, -0.25) is 14.4 Å². The summed E-state index contributed by atoms with van der Waals surface area (Å²) in [5, 5.41) is 5.25. The molecule has 1 aromatic carbocycles. The van der Waals surface area contributed by atoms with E-state index in [0.717, 1.165) is 10.0 Å². The van der Waals surface area contributed by atoms with Crippen LogP contribution in [-0.4, -0.2) is 30.9 Å². The second-order valence-corrected chi connectivity index (χ2v) is 6.41. The Morgan fingerprint density at radius 1 is 1.22 bits per heavy atom. The van der Waals surface area contributed by atoms with Crippen LogP contribution in [0.5, 0.6) is 0 Å². The number of hydrogen-bond donors (Lipinski definition) is 2. The van der Waals surface area contributed by atoms with Crippen molar-refractivity contribution in [2.45, 2.75) is 13.3 Å². The molecule has 0 unspecified atom stereocenters. The summed E-state index contributed by atoms with van der Waals surface area (Å²) in [5.41, 5.74) is 0.802. The zero-order chi connectivity index (χ0) is 19.6. The number of rotatable bonds is 8. The number of carbonyl (C=O) groups excluding carboxylic acids is 3. The molecule has 1 heterocycles. The van der Waals surface area contributed by atoms with E-state index in [1.165, 1.54) is 19.3 Å². The Kier molecular flexibility index (Phi) is 7.81. The number of ether oxygens (including phenoxy) is 1. The summed E-state index contributed by atoms with van der Waals surface area (Å²) in [6.45, 7) is 1.82. The van der Waals surface area contributed by atoms with Crippen LogP contribution in [0, 0.1) is 0 Å². The van der Waals surface area contributed by atoms with Crippen LogP contribution in [0.2, 0.25) is 0 Å². The van der Waals surface area contributed by atoms with Gasteiger partial charge in [0.05, 0.1) is 12.9 Å². The van der Waals surface area contributed by atoms with E-state index >= 15 is 0 Å². The number of benzene rings is 1. The largest absolute Gasteiger partial charge is 0.466 e. The van der Waals surface area contributed by atoms with E-state index < -0.39 is 11.8 Å². The van der Waals surface area contributed by atoms with E-state index in [1.807, 2.05) is 18.2 Å². The number of esters is 1. The van der Waals surface area contributed by atoms with Gasteiger partial charge < -0.3 is 19.8 Å². The molecule has 142 valence electrons. The minimum absolute atomic E-state index is 0.0713. The normalized spacial score (nSPS) is 11.0. The lowest BCUT2D eigenvalue weighted by molar-refractivity contribution is -0.140. The Labute approximate surface area is 164 Å². The summed E-state index contributed by atoms with van der Waals surface area (Å²) >= 11 is 3.37. The van der Waals surface area contributed by atoms with E-state index in [9.17, 15) is 14.4 Å². The van der Waals surface area contributed by atoms with Crippen LogP contribution in [-0.2, 0) is 14.3 Å². The molecule has 0 bridgehead atoms. The Balaban J connectivity index is 2.07. The molecule has 2 rings (SSSR count). The first-order valence-corrected chi connectivity index (χ1v) is 8.98. The molecule has 0 aliphatic rings. The molecule has 0 spiro atoms. The molecule has 0 fully saturated rings. The summed E-state index contributed by atoms with van der Waals surface area (Å²) in [5.74, 6) is -1.27. The fraction of sp³-hybridized carbons (Fsp3) is 0.211. The van der Waals surface area contributed by atoms with Gasteiger partial charge in [-0.15, -0.1) is 0 Å². The minimum atomic E-state index is -0.531. The van der Waals surface area contributed by atoms with Crippen molar-refractivity contribution < 1.29 is 23.5 Å². The van der Waals surface area contributed by atoms with Crippen molar-refractivity contribution >= 4 is 39.8 Å². The molecule has 1 aromatic heterocycles. The number of halogens is 1. The van der Waals surface area contributed by atoms with E-state index in [2.05, 4.69) is 26.6 Å². The molecule has 27 heavy (non-hydrogen) atoms. The molecule has 0 radical (unpaired) electrons. The lowest BCUT2D eigenvalue weighted by atomic mass is 10.2. The number of carbonyl (C=O) groups is 3. The second-order valence-electron chi connectivity index (χ2n) is 5.49. The number of amides is 2. The van der Waals surface area contributed by atoms with Crippen LogP contribution in [0.25, 0.3) is 6.08 Å². The molecule has 0 saturated heterocycles. The van der Waals surface area contributed by atoms with Crippen molar-refractivity contribution in [3.05, 3.63) is 64.2 Å². The summed E-state index contributed by atoms with van der Waals surface area (Å²) in [6.07, 6.45) is 3.40. The van der Waals surface area contributed by atoms with Crippen LogP contribution in [0.1, 0.15) is 29.5 Å². The maximum atomic E-state index is 12.5. The van der Waals surface area contributed by atoms with Gasteiger partial charge in [0.1, 0.15) is 5.70 Å². The van der Waals surface area contributed by atoms with Gasteiger partial charge in [-0.2, -0.15) is 0 Å². The number of hydrogen-bond acceptors (Lipinski definition) is 5. The Bertz CT molecular complexity index is 830. The molecular formula is C19H19BrN2O5. The Morgan fingerprint density at radius 2 is 2.04 bits per heavy atom. The molecule has 0 aliphatic heterocycles. The first-order chi connectivity index (χ1) is 13.0. The zero-order valence-electron chi connectivity index (χ0n) is 14.7. The standard InChI is InChI=1S/C19H19BrN2O5/c1-13(23)26-10-4-8-21-18(24)16(12-14-5-2-6-15(20)11-14)22-19(25)17-7-3-9-27-17/h2-3,5-7,9,11-12H,4,8,10H2,1H3,(H,21,24)(H,22,25). The maximum absolute atomic E-state index is 12.5. The molecule has 0 aliphatic carbocycles. The van der Waals surface area contributed by atoms with Crippen LogP contribution in [0.4, 0.5) is 0 Å². The fourth-order valence-electron chi connectivity index (χ4n) is 2.10. The smallest absolute Gasteiger partial charge is 0.302 e. The quantitative estimate of drug-likeness (QED) is 0.378. The highest BCUT2D eigenvalue weighted by Crippen LogP contribution is 2.14. The predicted octanol–water partition coefficient (Wildman–Crippen LogP) is 2.88. The molecule has 0 saturated carbocycles. The molecule has 0 atom stereocenters. The Hall–Kier alpha value is -2.87. The van der Waals surface area contributed by atoms with Crippen molar-refractivity contribution in [1.82, 2.24) is 10.6 Å². The SMILES string of the molecule is CC(=O)OCCCNC(=O)C(=Cc1cccc(Br)c1)NC(=O)c1ccco1. The predicted molar refractivity (Wildman–Crippen MR) is 103 cm³/mol. The van der Waals surface area contributed by atoms with Crippen molar-refractivity contribution in [3.8, 4) is 0 Å². The first-order valence-electron chi connectivity index (χ1n) is 8.19. The number of furan rings is 1. The first kappa shape index (κ1) is 20.4. The number of nitrogens with one attached hydrogen (secondary N) is 2. The Morgan fingerprint density at radius 3 is 2.70 bits per heavy atom. The summed E-state index contributed by atoms with van der Waals surface area (Å²) < 4.78 is 10.7. The van der Waals surface area contributed by atoms with Crippen LogP contribution in [0.15, 0.2) is 57.2 Å². The van der Waals surface area contributed by atoms with Gasteiger partial charge in [0.25, 0.3) is 11.8 Å². The highest BCUT2D eigenvalue weighted by atomic mass is 79.9. The monoisotopic (exact) mass is 434 g/mol. The summed E-state index contributed by atoms with van der Waals surface area (Å²) in [6, 6.07) is 10.4. The van der Waals surface area contributed by atoms with Gasteiger partial charge in [0, 0.05) is 17.9 Å². The van der Waals surface area contributed by atoms with Gasteiger partial charge in [-0.1, -0.05) is 28.1 Å². The fourth-order valence-corrected chi connectivity index (χ4v) is 2.52. The van der Waals surface area contributed by atoms with Crippen molar-refractivity contribution in [2.24, 2.45) is 0 Å². The lowest BCUT2D eigenvalue weighted by Crippen LogP contribution is -2.35. The van der Waals surface area contributed by atoms with Crippen molar-refractivity contribution in [2.75, 3.05) is 13.2 Å². The zero-order valence-corrected chi connectivity index (χ0v) is 16.2. The molecular weight excluding hydrogens is 416 g/mol. The van der Waals surface area contributed by atoms with E-state index in [4.69, 9.17) is 9.15 Å². The third-order valence-corrected chi connectivity index (χ3v) is 3.80. The van der Waals surface area contributed by atoms with E-state index in [0.29, 0.717) is 13.0 Å². The van der Waals surface area contributed by atoms with Crippen LogP contribution in [0.3, 0.4) is 0 Å². The molecule has 8 heteroatoms. The molecule has 2 aromatic rings. The highest BCUT2D eigenvalue weighted by Gasteiger charge is 2.16. The molecule has 7 nitrogen and oxygen atoms in total. The van der Waals surface area contributed by atoms with Gasteiger partial charge in [-0.25, -0.2) is 0 Å². The second kappa shape index (κ2) is 10.3. The van der Waals surface area contributed by atoms with Gasteiger partial charge in [0.2, 0.25) is 0 Å². The summed E-state index contributed by atoms with van der Waals surface area (Å²) in [4.78, 5) is 35.5. The van der Waals surface area contributed by atoms with Crippen molar-refractivity contribution in [1.29, 1.82) is 0 Å². The lowest BCUT2D eigenvalue weighted by Gasteiger charge is -2.10. The summed E-state index contributed by atoms with van der Waals surface area (Å²) in [7, 11) is 0. The van der Waals surface area contributed by atoms with E-state index in [1.54, 1.807) is 18.2 Å². The molecule has 2 N–H and O–H groups in total. The van der Waals surface area contributed by atoms with Gasteiger partial charge >= 0.3 is 5.97 Å². The maximum Gasteiger partial charge on any atom is 0.302 e. The minimum Gasteiger partial charge on any atom is -0.466 e. The van der Waals surface area contributed by atoms with Crippen LogP contribution >= 0.6 is 15.9 Å². The highest BCUT2D eigenvalue weighted by molar-refractivity contribution is 9.10.